The highest BCUT2D eigenvalue weighted by Crippen LogP contribution is 2.39. The van der Waals surface area contributed by atoms with Crippen LogP contribution in [0.1, 0.15) is 28.5 Å². The van der Waals surface area contributed by atoms with Crippen LogP contribution < -0.4 is 14.6 Å². The monoisotopic (exact) mass is 456 g/mol. The molecule has 2 N–H and O–H groups in total. The van der Waals surface area contributed by atoms with Crippen LogP contribution in [0, 0.1) is 13.8 Å². The van der Waals surface area contributed by atoms with E-state index >= 15 is 0 Å². The zero-order chi connectivity index (χ0) is 23.0. The van der Waals surface area contributed by atoms with Gasteiger partial charge in [-0.25, -0.2) is 18.4 Å². The summed E-state index contributed by atoms with van der Waals surface area (Å²) in [6.07, 6.45) is 0. The SMILES string of the molecule is CCOC(=O)c1c(C)c(-c2ccc3c(c2)OCCO3)n(-c2ccc(S(N)(=O)=O)cc2)c1C. The molecule has 1 aliphatic rings. The minimum absolute atomic E-state index is 0.00859. The number of primary sulfonamides is 1. The van der Waals surface area contributed by atoms with Crippen LogP contribution in [0.5, 0.6) is 11.5 Å². The van der Waals surface area contributed by atoms with Crippen molar-refractivity contribution in [3.8, 4) is 28.4 Å². The summed E-state index contributed by atoms with van der Waals surface area (Å²) in [4.78, 5) is 12.8. The molecule has 2 heterocycles. The quantitative estimate of drug-likeness (QED) is 0.590. The number of carbonyl (C=O) groups is 1. The van der Waals surface area contributed by atoms with Crippen molar-refractivity contribution >= 4 is 16.0 Å². The smallest absolute Gasteiger partial charge is 0.340 e. The lowest BCUT2D eigenvalue weighted by Crippen LogP contribution is -2.15. The maximum Gasteiger partial charge on any atom is 0.340 e. The maximum absolute atomic E-state index is 12.8. The van der Waals surface area contributed by atoms with Gasteiger partial charge in [-0.3, -0.25) is 0 Å². The van der Waals surface area contributed by atoms with Crippen LogP contribution in [0.4, 0.5) is 0 Å². The van der Waals surface area contributed by atoms with Gasteiger partial charge in [0.2, 0.25) is 10.0 Å². The topological polar surface area (TPSA) is 110 Å². The molecule has 4 rings (SSSR count). The molecule has 0 aliphatic carbocycles. The number of nitrogens with two attached hydrogens (primary N) is 1. The fourth-order valence-corrected chi connectivity index (χ4v) is 4.50. The van der Waals surface area contributed by atoms with Crippen LogP contribution in [-0.2, 0) is 14.8 Å². The van der Waals surface area contributed by atoms with Crippen molar-refractivity contribution in [2.75, 3.05) is 19.8 Å². The molecule has 2 aromatic carbocycles. The Balaban J connectivity index is 1.94. The van der Waals surface area contributed by atoms with Crippen LogP contribution in [0.3, 0.4) is 0 Å². The second-order valence-corrected chi connectivity index (χ2v) is 8.95. The Morgan fingerprint density at radius 3 is 2.34 bits per heavy atom. The van der Waals surface area contributed by atoms with Crippen molar-refractivity contribution in [2.24, 2.45) is 5.14 Å². The largest absolute Gasteiger partial charge is 0.486 e. The number of carbonyl (C=O) groups excluding carboxylic acids is 1. The summed E-state index contributed by atoms with van der Waals surface area (Å²) in [6.45, 7) is 6.65. The summed E-state index contributed by atoms with van der Waals surface area (Å²) in [6, 6.07) is 11.8. The van der Waals surface area contributed by atoms with Crippen molar-refractivity contribution in [1.82, 2.24) is 4.57 Å². The normalized spacial score (nSPS) is 13.1. The molecule has 0 spiro atoms. The highest BCUT2D eigenvalue weighted by Gasteiger charge is 2.26. The third kappa shape index (κ3) is 3.85. The molecular weight excluding hydrogens is 432 g/mol. The summed E-state index contributed by atoms with van der Waals surface area (Å²) in [5.41, 5.74) is 4.15. The van der Waals surface area contributed by atoms with E-state index in [-0.39, 0.29) is 11.5 Å². The number of rotatable bonds is 5. The summed E-state index contributed by atoms with van der Waals surface area (Å²) in [7, 11) is -3.82. The molecule has 1 aliphatic heterocycles. The lowest BCUT2D eigenvalue weighted by molar-refractivity contribution is 0.0525. The molecule has 32 heavy (non-hydrogen) atoms. The molecule has 0 atom stereocenters. The van der Waals surface area contributed by atoms with Crippen molar-refractivity contribution < 1.29 is 27.4 Å². The van der Waals surface area contributed by atoms with Crippen LogP contribution in [0.15, 0.2) is 47.4 Å². The summed E-state index contributed by atoms with van der Waals surface area (Å²) >= 11 is 0. The molecule has 1 aromatic heterocycles. The number of benzene rings is 2. The standard InChI is InChI=1S/C23H24N2O6S/c1-4-29-23(26)21-14(2)22(16-5-10-19-20(13-16)31-12-11-30-19)25(15(21)3)17-6-8-18(9-7-17)32(24,27)28/h5-10,13H,4,11-12H2,1-3H3,(H2,24,27,28). The van der Waals surface area contributed by atoms with Gasteiger partial charge in [-0.15, -0.1) is 0 Å². The first-order valence-electron chi connectivity index (χ1n) is 10.1. The molecule has 0 bridgehead atoms. The third-order valence-electron chi connectivity index (χ3n) is 5.37. The summed E-state index contributed by atoms with van der Waals surface area (Å²) in [5.74, 6) is 0.873. The van der Waals surface area contributed by atoms with Crippen LogP contribution in [-0.4, -0.2) is 38.8 Å². The number of ether oxygens (including phenoxy) is 3. The second kappa shape index (κ2) is 8.33. The van der Waals surface area contributed by atoms with Crippen molar-refractivity contribution in [3.05, 3.63) is 59.3 Å². The number of hydrogen-bond donors (Lipinski definition) is 1. The predicted molar refractivity (Wildman–Crippen MR) is 119 cm³/mol. The zero-order valence-corrected chi connectivity index (χ0v) is 18.9. The van der Waals surface area contributed by atoms with E-state index in [1.54, 1.807) is 19.1 Å². The highest BCUT2D eigenvalue weighted by molar-refractivity contribution is 7.89. The van der Waals surface area contributed by atoms with Gasteiger partial charge in [-0.05, 0) is 68.8 Å². The van der Waals surface area contributed by atoms with E-state index in [1.807, 2.05) is 36.6 Å². The maximum atomic E-state index is 12.8. The minimum Gasteiger partial charge on any atom is -0.486 e. The lowest BCUT2D eigenvalue weighted by Gasteiger charge is -2.20. The number of sulfonamides is 1. The van der Waals surface area contributed by atoms with Gasteiger partial charge in [0, 0.05) is 16.9 Å². The average Bonchev–Trinajstić information content (AvgIpc) is 3.03. The van der Waals surface area contributed by atoms with E-state index in [4.69, 9.17) is 19.3 Å². The van der Waals surface area contributed by atoms with E-state index in [2.05, 4.69) is 0 Å². The number of nitrogens with zero attached hydrogens (tertiary/aromatic N) is 1. The number of esters is 1. The van der Waals surface area contributed by atoms with Gasteiger partial charge >= 0.3 is 5.97 Å². The lowest BCUT2D eigenvalue weighted by atomic mass is 10.0. The number of hydrogen-bond acceptors (Lipinski definition) is 6. The molecule has 8 nitrogen and oxygen atoms in total. The van der Waals surface area contributed by atoms with Gasteiger partial charge in [-0.2, -0.15) is 0 Å². The number of aromatic nitrogens is 1. The van der Waals surface area contributed by atoms with E-state index in [1.165, 1.54) is 12.1 Å². The Morgan fingerprint density at radius 1 is 1.06 bits per heavy atom. The average molecular weight is 457 g/mol. The van der Waals surface area contributed by atoms with Gasteiger partial charge in [0.1, 0.15) is 13.2 Å². The van der Waals surface area contributed by atoms with E-state index in [0.717, 1.165) is 16.8 Å². The van der Waals surface area contributed by atoms with Gasteiger partial charge in [0.15, 0.2) is 11.5 Å². The van der Waals surface area contributed by atoms with E-state index in [9.17, 15) is 13.2 Å². The molecule has 0 saturated heterocycles. The number of fused-ring (bicyclic) bond motifs is 1. The van der Waals surface area contributed by atoms with Crippen LogP contribution >= 0.6 is 0 Å². The summed E-state index contributed by atoms with van der Waals surface area (Å²) in [5, 5.41) is 5.24. The summed E-state index contributed by atoms with van der Waals surface area (Å²) < 4.78 is 41.9. The third-order valence-corrected chi connectivity index (χ3v) is 6.30. The Kier molecular flexibility index (Phi) is 5.70. The predicted octanol–water partition coefficient (Wildman–Crippen LogP) is 3.36. The Hall–Kier alpha value is -3.30. The Labute approximate surface area is 186 Å². The minimum atomic E-state index is -3.82. The first kappa shape index (κ1) is 21.9. The van der Waals surface area contributed by atoms with E-state index < -0.39 is 16.0 Å². The molecule has 0 amide bonds. The van der Waals surface area contributed by atoms with Gasteiger partial charge in [0.25, 0.3) is 0 Å². The van der Waals surface area contributed by atoms with Crippen LogP contribution in [0.2, 0.25) is 0 Å². The second-order valence-electron chi connectivity index (χ2n) is 7.39. The first-order valence-corrected chi connectivity index (χ1v) is 11.7. The molecule has 0 saturated carbocycles. The van der Waals surface area contributed by atoms with Crippen molar-refractivity contribution in [3.63, 3.8) is 0 Å². The fraction of sp³-hybridized carbons (Fsp3) is 0.261. The molecule has 168 valence electrons. The molecule has 0 unspecified atom stereocenters. The molecule has 0 radical (unpaired) electrons. The molecule has 3 aromatic rings. The van der Waals surface area contributed by atoms with Gasteiger partial charge < -0.3 is 18.8 Å². The molecule has 0 fully saturated rings. The first-order chi connectivity index (χ1) is 15.2. The Bertz CT molecular complexity index is 1290. The zero-order valence-electron chi connectivity index (χ0n) is 18.0. The van der Waals surface area contributed by atoms with E-state index in [0.29, 0.717) is 41.7 Å². The van der Waals surface area contributed by atoms with Gasteiger partial charge in [0.05, 0.1) is 22.8 Å². The van der Waals surface area contributed by atoms with Gasteiger partial charge in [-0.1, -0.05) is 0 Å². The van der Waals surface area contributed by atoms with Crippen molar-refractivity contribution in [2.45, 2.75) is 25.7 Å². The van der Waals surface area contributed by atoms with Crippen LogP contribution in [0.25, 0.3) is 16.9 Å². The molecular formula is C23H24N2O6S. The van der Waals surface area contributed by atoms with Crippen molar-refractivity contribution in [1.29, 1.82) is 0 Å². The Morgan fingerprint density at radius 2 is 1.72 bits per heavy atom. The molecule has 9 heteroatoms. The fourth-order valence-electron chi connectivity index (χ4n) is 3.98. The highest BCUT2D eigenvalue weighted by atomic mass is 32.2.